The lowest BCUT2D eigenvalue weighted by Crippen LogP contribution is -2.15. The molecule has 2 aliphatic carbocycles. The van der Waals surface area contributed by atoms with E-state index in [-0.39, 0.29) is 0 Å². The van der Waals surface area contributed by atoms with E-state index in [0.717, 1.165) is 23.7 Å². The molecule has 4 unspecified atom stereocenters. The molecule has 2 bridgehead atoms. The largest absolute Gasteiger partial charge is 0.103 e. The lowest BCUT2D eigenvalue weighted by Gasteiger charge is -2.23. The summed E-state index contributed by atoms with van der Waals surface area (Å²) in [6.45, 7) is 6.21. The van der Waals surface area contributed by atoms with Crippen LogP contribution in [0.25, 0.3) is 0 Å². The van der Waals surface area contributed by atoms with Gasteiger partial charge in [-0.25, -0.2) is 0 Å². The van der Waals surface area contributed by atoms with E-state index in [1.54, 1.807) is 0 Å². The maximum absolute atomic E-state index is 3.82. The van der Waals surface area contributed by atoms with Crippen molar-refractivity contribution >= 4 is 0 Å². The van der Waals surface area contributed by atoms with Gasteiger partial charge in [-0.2, -0.15) is 0 Å². The van der Waals surface area contributed by atoms with E-state index in [2.05, 4.69) is 31.7 Å². The predicted molar refractivity (Wildman–Crippen MR) is 48.2 cm³/mol. The zero-order valence-corrected chi connectivity index (χ0v) is 7.16. The molecular weight excluding hydrogens is 132 g/mol. The minimum atomic E-state index is 0.882. The molecule has 0 saturated heterocycles. The summed E-state index contributed by atoms with van der Waals surface area (Å²) >= 11 is 0. The molecule has 4 atom stereocenters. The van der Waals surface area contributed by atoms with Crippen LogP contribution >= 0.6 is 0 Å². The summed E-state index contributed by atoms with van der Waals surface area (Å²) in [5.74, 6) is 3.59. The monoisotopic (exact) mass is 148 g/mol. The van der Waals surface area contributed by atoms with Crippen LogP contribution in [0.4, 0.5) is 0 Å². The van der Waals surface area contributed by atoms with Crippen molar-refractivity contribution in [1.82, 2.24) is 0 Å². The van der Waals surface area contributed by atoms with Crippen LogP contribution in [0.3, 0.4) is 0 Å². The molecule has 2 rings (SSSR count). The SMILES string of the molecule is C=CCC1C2C=CC(C2)C1C. The molecule has 0 amide bonds. The van der Waals surface area contributed by atoms with Crippen molar-refractivity contribution < 1.29 is 0 Å². The smallest absolute Gasteiger partial charge is 0.0194 e. The highest BCUT2D eigenvalue weighted by Crippen LogP contribution is 2.48. The third-order valence-corrected chi connectivity index (χ3v) is 3.49. The molecule has 0 aromatic carbocycles. The third-order valence-electron chi connectivity index (χ3n) is 3.49. The Morgan fingerprint density at radius 1 is 1.45 bits per heavy atom. The van der Waals surface area contributed by atoms with Gasteiger partial charge < -0.3 is 0 Å². The molecule has 11 heavy (non-hydrogen) atoms. The Labute approximate surface area is 69.0 Å². The first-order valence-electron chi connectivity index (χ1n) is 4.62. The number of allylic oxidation sites excluding steroid dienone is 3. The molecule has 0 radical (unpaired) electrons. The molecule has 0 aliphatic heterocycles. The number of hydrogen-bond donors (Lipinski definition) is 0. The van der Waals surface area contributed by atoms with E-state index in [1.807, 2.05) is 0 Å². The van der Waals surface area contributed by atoms with E-state index < -0.39 is 0 Å². The Balaban J connectivity index is 2.11. The summed E-state index contributed by atoms with van der Waals surface area (Å²) in [4.78, 5) is 0. The van der Waals surface area contributed by atoms with Gasteiger partial charge >= 0.3 is 0 Å². The highest BCUT2D eigenvalue weighted by molar-refractivity contribution is 5.13. The lowest BCUT2D eigenvalue weighted by molar-refractivity contribution is 0.338. The Morgan fingerprint density at radius 3 is 2.73 bits per heavy atom. The first-order valence-corrected chi connectivity index (χ1v) is 4.62. The fraction of sp³-hybridized carbons (Fsp3) is 0.636. The lowest BCUT2D eigenvalue weighted by atomic mass is 9.82. The van der Waals surface area contributed by atoms with Gasteiger partial charge in [-0.1, -0.05) is 25.2 Å². The molecule has 0 N–H and O–H groups in total. The van der Waals surface area contributed by atoms with Crippen molar-refractivity contribution in [2.24, 2.45) is 23.7 Å². The average Bonchev–Trinajstić information content (AvgIpc) is 2.54. The Bertz CT molecular complexity index is 190. The zero-order chi connectivity index (χ0) is 7.84. The highest BCUT2D eigenvalue weighted by atomic mass is 14.4. The molecule has 0 aromatic heterocycles. The fourth-order valence-corrected chi connectivity index (χ4v) is 2.75. The first kappa shape index (κ1) is 7.15. The van der Waals surface area contributed by atoms with E-state index in [9.17, 15) is 0 Å². The molecular formula is C11H16. The molecule has 0 spiro atoms. The molecule has 60 valence electrons. The van der Waals surface area contributed by atoms with Crippen LogP contribution in [0.1, 0.15) is 19.8 Å². The van der Waals surface area contributed by atoms with Crippen LogP contribution < -0.4 is 0 Å². The number of hydrogen-bond acceptors (Lipinski definition) is 0. The van der Waals surface area contributed by atoms with Gasteiger partial charge in [0, 0.05) is 0 Å². The van der Waals surface area contributed by atoms with Gasteiger partial charge in [-0.05, 0) is 36.5 Å². The zero-order valence-electron chi connectivity index (χ0n) is 7.16. The highest BCUT2D eigenvalue weighted by Gasteiger charge is 2.40. The van der Waals surface area contributed by atoms with Crippen LogP contribution in [-0.4, -0.2) is 0 Å². The van der Waals surface area contributed by atoms with Crippen LogP contribution in [0, 0.1) is 23.7 Å². The fourth-order valence-electron chi connectivity index (χ4n) is 2.75. The number of rotatable bonds is 2. The van der Waals surface area contributed by atoms with Crippen LogP contribution in [0.15, 0.2) is 24.8 Å². The second-order valence-corrected chi connectivity index (χ2v) is 4.00. The first-order chi connectivity index (χ1) is 5.33. The van der Waals surface area contributed by atoms with Crippen LogP contribution in [0.5, 0.6) is 0 Å². The summed E-state index contributed by atoms with van der Waals surface area (Å²) in [5, 5.41) is 0. The summed E-state index contributed by atoms with van der Waals surface area (Å²) in [5.41, 5.74) is 0. The van der Waals surface area contributed by atoms with E-state index in [4.69, 9.17) is 0 Å². The van der Waals surface area contributed by atoms with Crippen molar-refractivity contribution in [3.05, 3.63) is 24.8 Å². The van der Waals surface area contributed by atoms with Crippen molar-refractivity contribution in [3.63, 3.8) is 0 Å². The standard InChI is InChI=1S/C11H16/c1-3-4-11-8(2)9-5-6-10(11)7-9/h3,5-6,8-11H,1,4,7H2,2H3. The topological polar surface area (TPSA) is 0 Å². The summed E-state index contributed by atoms with van der Waals surface area (Å²) in [6.07, 6.45) is 9.54. The number of fused-ring (bicyclic) bond motifs is 2. The van der Waals surface area contributed by atoms with E-state index >= 15 is 0 Å². The molecule has 1 fully saturated rings. The molecule has 0 nitrogen and oxygen atoms in total. The molecule has 1 saturated carbocycles. The van der Waals surface area contributed by atoms with Gasteiger partial charge in [0.25, 0.3) is 0 Å². The Kier molecular flexibility index (Phi) is 1.63. The quantitative estimate of drug-likeness (QED) is 0.528. The minimum absolute atomic E-state index is 0.882. The van der Waals surface area contributed by atoms with Gasteiger partial charge in [-0.3, -0.25) is 0 Å². The second kappa shape index (κ2) is 2.51. The van der Waals surface area contributed by atoms with Crippen molar-refractivity contribution in [2.45, 2.75) is 19.8 Å². The second-order valence-electron chi connectivity index (χ2n) is 4.00. The van der Waals surface area contributed by atoms with Gasteiger partial charge in [0.1, 0.15) is 0 Å². The molecule has 0 heterocycles. The van der Waals surface area contributed by atoms with Crippen LogP contribution in [-0.2, 0) is 0 Å². The summed E-state index contributed by atoms with van der Waals surface area (Å²) in [6, 6.07) is 0. The van der Waals surface area contributed by atoms with Crippen molar-refractivity contribution in [1.29, 1.82) is 0 Å². The van der Waals surface area contributed by atoms with Gasteiger partial charge in [0.15, 0.2) is 0 Å². The minimum Gasteiger partial charge on any atom is -0.103 e. The van der Waals surface area contributed by atoms with Crippen LogP contribution in [0.2, 0.25) is 0 Å². The van der Waals surface area contributed by atoms with Gasteiger partial charge in [0.05, 0.1) is 0 Å². The Hall–Kier alpha value is -0.520. The normalized spacial score (nSPS) is 46.6. The summed E-state index contributed by atoms with van der Waals surface area (Å²) < 4.78 is 0. The molecule has 0 aromatic rings. The Morgan fingerprint density at radius 2 is 2.18 bits per heavy atom. The third kappa shape index (κ3) is 0.962. The maximum Gasteiger partial charge on any atom is -0.0194 e. The van der Waals surface area contributed by atoms with Crippen molar-refractivity contribution in [2.75, 3.05) is 0 Å². The molecule has 0 heteroatoms. The maximum atomic E-state index is 3.82. The van der Waals surface area contributed by atoms with E-state index in [0.29, 0.717) is 0 Å². The van der Waals surface area contributed by atoms with Gasteiger partial charge in [-0.15, -0.1) is 6.58 Å². The van der Waals surface area contributed by atoms with E-state index in [1.165, 1.54) is 12.8 Å². The summed E-state index contributed by atoms with van der Waals surface area (Å²) in [7, 11) is 0. The van der Waals surface area contributed by atoms with Crippen molar-refractivity contribution in [3.8, 4) is 0 Å². The molecule has 2 aliphatic rings. The van der Waals surface area contributed by atoms with Gasteiger partial charge in [0.2, 0.25) is 0 Å². The average molecular weight is 148 g/mol. The predicted octanol–water partition coefficient (Wildman–Crippen LogP) is 3.02.